The molecule has 0 aromatic heterocycles. The molecule has 0 radical (unpaired) electrons. The lowest BCUT2D eigenvalue weighted by Gasteiger charge is -2.21. The summed E-state index contributed by atoms with van der Waals surface area (Å²) in [6.07, 6.45) is 2.31. The second-order valence-electron chi connectivity index (χ2n) is 4.09. The molecular formula is C11H21ClN2O2. The highest BCUT2D eigenvalue weighted by molar-refractivity contribution is 6.17. The minimum atomic E-state index is 0.195. The molecule has 0 bridgehead atoms. The Morgan fingerprint density at radius 2 is 2.06 bits per heavy atom. The second-order valence-corrected chi connectivity index (χ2v) is 4.47. The topological polar surface area (TPSA) is 43.8 Å². The van der Waals surface area contributed by atoms with Crippen molar-refractivity contribution in [2.45, 2.75) is 19.3 Å². The van der Waals surface area contributed by atoms with Crippen molar-refractivity contribution in [3.8, 4) is 0 Å². The minimum Gasteiger partial charge on any atom is -0.395 e. The minimum absolute atomic E-state index is 0.195. The van der Waals surface area contributed by atoms with E-state index in [0.717, 1.165) is 39.0 Å². The van der Waals surface area contributed by atoms with Crippen LogP contribution in [0.3, 0.4) is 0 Å². The molecular weight excluding hydrogens is 228 g/mol. The molecule has 4 nitrogen and oxygen atoms in total. The molecule has 0 atom stereocenters. The monoisotopic (exact) mass is 248 g/mol. The van der Waals surface area contributed by atoms with Crippen LogP contribution in [0.5, 0.6) is 0 Å². The largest absolute Gasteiger partial charge is 0.395 e. The van der Waals surface area contributed by atoms with Crippen LogP contribution < -0.4 is 0 Å². The number of rotatable bonds is 5. The van der Waals surface area contributed by atoms with Gasteiger partial charge in [-0.05, 0) is 19.4 Å². The van der Waals surface area contributed by atoms with Crippen LogP contribution in [0.25, 0.3) is 0 Å². The van der Waals surface area contributed by atoms with Crippen LogP contribution in [0.4, 0.5) is 0 Å². The molecule has 16 heavy (non-hydrogen) atoms. The van der Waals surface area contributed by atoms with Gasteiger partial charge in [0.15, 0.2) is 0 Å². The van der Waals surface area contributed by atoms with Gasteiger partial charge in [-0.1, -0.05) is 0 Å². The van der Waals surface area contributed by atoms with E-state index in [1.165, 1.54) is 0 Å². The number of hydrogen-bond acceptors (Lipinski definition) is 3. The molecule has 0 aromatic carbocycles. The first-order chi connectivity index (χ1) is 7.77. The van der Waals surface area contributed by atoms with Crippen molar-refractivity contribution >= 4 is 17.5 Å². The van der Waals surface area contributed by atoms with Crippen molar-refractivity contribution in [3.63, 3.8) is 0 Å². The predicted molar refractivity (Wildman–Crippen MR) is 64.7 cm³/mol. The Bertz CT molecular complexity index is 214. The summed E-state index contributed by atoms with van der Waals surface area (Å²) in [5.41, 5.74) is 0. The number of halogens is 1. The van der Waals surface area contributed by atoms with E-state index >= 15 is 0 Å². The maximum Gasteiger partial charge on any atom is 0.222 e. The van der Waals surface area contributed by atoms with Crippen LogP contribution in [0, 0.1) is 0 Å². The fourth-order valence-electron chi connectivity index (χ4n) is 1.96. The van der Waals surface area contributed by atoms with Gasteiger partial charge < -0.3 is 10.0 Å². The molecule has 1 rings (SSSR count). The molecule has 1 heterocycles. The van der Waals surface area contributed by atoms with Crippen LogP contribution in [0.1, 0.15) is 19.3 Å². The van der Waals surface area contributed by atoms with Gasteiger partial charge in [-0.2, -0.15) is 0 Å². The number of carbonyl (C=O) groups excluding carboxylic acids is 1. The van der Waals surface area contributed by atoms with Crippen LogP contribution in [-0.2, 0) is 4.79 Å². The van der Waals surface area contributed by atoms with Gasteiger partial charge >= 0.3 is 0 Å². The molecule has 1 fully saturated rings. The van der Waals surface area contributed by atoms with Crippen LogP contribution in [0.2, 0.25) is 0 Å². The highest BCUT2D eigenvalue weighted by Gasteiger charge is 2.17. The summed E-state index contributed by atoms with van der Waals surface area (Å²) in [6, 6.07) is 0. The Hall–Kier alpha value is -0.320. The fraction of sp³-hybridized carbons (Fsp3) is 0.909. The molecule has 0 saturated carbocycles. The highest BCUT2D eigenvalue weighted by atomic mass is 35.5. The van der Waals surface area contributed by atoms with E-state index in [9.17, 15) is 4.79 Å². The van der Waals surface area contributed by atoms with Crippen molar-refractivity contribution < 1.29 is 9.90 Å². The Labute approximate surface area is 102 Å². The van der Waals surface area contributed by atoms with Crippen LogP contribution in [-0.4, -0.2) is 66.0 Å². The van der Waals surface area contributed by atoms with Crippen LogP contribution in [0.15, 0.2) is 0 Å². The molecule has 94 valence electrons. The molecule has 1 aliphatic rings. The van der Waals surface area contributed by atoms with Gasteiger partial charge in [-0.15, -0.1) is 11.6 Å². The third-order valence-corrected chi connectivity index (χ3v) is 3.15. The van der Waals surface area contributed by atoms with Crippen molar-refractivity contribution in [1.82, 2.24) is 9.80 Å². The Kier molecular flexibility index (Phi) is 6.76. The van der Waals surface area contributed by atoms with Gasteiger partial charge in [0.1, 0.15) is 0 Å². The molecule has 0 spiro atoms. The number of amides is 1. The van der Waals surface area contributed by atoms with E-state index in [0.29, 0.717) is 18.8 Å². The standard InChI is InChI=1S/C11H21ClN2O2/c12-4-1-3-11(16)14-6-2-5-13(7-8-14)9-10-15/h15H,1-10H2. The smallest absolute Gasteiger partial charge is 0.222 e. The Morgan fingerprint density at radius 3 is 2.75 bits per heavy atom. The molecule has 1 saturated heterocycles. The zero-order chi connectivity index (χ0) is 11.8. The number of β-amino-alcohol motifs (C(OH)–C–C–N with tert-alkyl or cyclic N) is 1. The van der Waals surface area contributed by atoms with Crippen molar-refractivity contribution in [2.24, 2.45) is 0 Å². The zero-order valence-electron chi connectivity index (χ0n) is 9.70. The maximum absolute atomic E-state index is 11.8. The first-order valence-corrected chi connectivity index (χ1v) is 6.48. The van der Waals surface area contributed by atoms with E-state index < -0.39 is 0 Å². The maximum atomic E-state index is 11.8. The molecule has 0 aliphatic carbocycles. The van der Waals surface area contributed by atoms with Crippen molar-refractivity contribution in [3.05, 3.63) is 0 Å². The van der Waals surface area contributed by atoms with E-state index in [-0.39, 0.29) is 12.5 Å². The average Bonchev–Trinajstić information content (AvgIpc) is 2.52. The quantitative estimate of drug-likeness (QED) is 0.722. The third-order valence-electron chi connectivity index (χ3n) is 2.88. The predicted octanol–water partition coefficient (Wildman–Crippen LogP) is 0.532. The number of carbonyl (C=O) groups is 1. The van der Waals surface area contributed by atoms with Gasteiger partial charge in [0.05, 0.1) is 6.61 Å². The summed E-state index contributed by atoms with van der Waals surface area (Å²) in [5.74, 6) is 0.766. The SMILES string of the molecule is O=C(CCCCl)N1CCCN(CCO)CC1. The number of alkyl halides is 1. The molecule has 0 aromatic rings. The summed E-state index contributed by atoms with van der Waals surface area (Å²) in [5, 5.41) is 8.86. The Morgan fingerprint density at radius 1 is 1.25 bits per heavy atom. The third kappa shape index (κ3) is 4.68. The molecule has 5 heteroatoms. The normalized spacial score (nSPS) is 18.5. The molecule has 0 unspecified atom stereocenters. The number of nitrogens with zero attached hydrogens (tertiary/aromatic N) is 2. The van der Waals surface area contributed by atoms with Gasteiger partial charge in [0.25, 0.3) is 0 Å². The summed E-state index contributed by atoms with van der Waals surface area (Å²) < 4.78 is 0. The first kappa shape index (κ1) is 13.7. The number of aliphatic hydroxyl groups excluding tert-OH is 1. The van der Waals surface area contributed by atoms with E-state index in [4.69, 9.17) is 16.7 Å². The zero-order valence-corrected chi connectivity index (χ0v) is 10.5. The van der Waals surface area contributed by atoms with Gasteiger partial charge in [-0.25, -0.2) is 0 Å². The summed E-state index contributed by atoms with van der Waals surface area (Å²) in [4.78, 5) is 15.9. The van der Waals surface area contributed by atoms with Crippen molar-refractivity contribution in [1.29, 1.82) is 0 Å². The fourth-order valence-corrected chi connectivity index (χ4v) is 2.10. The summed E-state index contributed by atoms with van der Waals surface area (Å²) >= 11 is 5.57. The van der Waals surface area contributed by atoms with Gasteiger partial charge in [0.2, 0.25) is 5.91 Å². The van der Waals surface area contributed by atoms with Crippen LogP contribution >= 0.6 is 11.6 Å². The Balaban J connectivity index is 2.31. The second kappa shape index (κ2) is 7.87. The lowest BCUT2D eigenvalue weighted by atomic mass is 10.3. The molecule has 1 aliphatic heterocycles. The van der Waals surface area contributed by atoms with E-state index in [2.05, 4.69) is 4.90 Å². The average molecular weight is 249 g/mol. The first-order valence-electron chi connectivity index (χ1n) is 5.95. The molecule has 1 amide bonds. The van der Waals surface area contributed by atoms with Gasteiger partial charge in [0, 0.05) is 38.5 Å². The molecule has 1 N–H and O–H groups in total. The lowest BCUT2D eigenvalue weighted by Crippen LogP contribution is -2.35. The van der Waals surface area contributed by atoms with E-state index in [1.807, 2.05) is 4.90 Å². The summed E-state index contributed by atoms with van der Waals surface area (Å²) in [7, 11) is 0. The number of aliphatic hydroxyl groups is 1. The summed E-state index contributed by atoms with van der Waals surface area (Å²) in [6.45, 7) is 4.36. The lowest BCUT2D eigenvalue weighted by molar-refractivity contribution is -0.131. The van der Waals surface area contributed by atoms with E-state index in [1.54, 1.807) is 0 Å². The van der Waals surface area contributed by atoms with Gasteiger partial charge in [-0.3, -0.25) is 9.69 Å². The highest BCUT2D eigenvalue weighted by Crippen LogP contribution is 2.06. The van der Waals surface area contributed by atoms with Crippen molar-refractivity contribution in [2.75, 3.05) is 45.2 Å². The number of hydrogen-bond donors (Lipinski definition) is 1.